The van der Waals surface area contributed by atoms with Gasteiger partial charge in [-0.1, -0.05) is 36.7 Å². The van der Waals surface area contributed by atoms with Gasteiger partial charge in [-0.05, 0) is 48.9 Å². The molecule has 0 saturated heterocycles. The van der Waals surface area contributed by atoms with Crippen LogP contribution < -0.4 is 10.6 Å². The molecule has 138 valence electrons. The second kappa shape index (κ2) is 8.10. The van der Waals surface area contributed by atoms with Crippen molar-refractivity contribution in [3.8, 4) is 11.3 Å². The standard InChI is InChI=1S/C21H19ClN2O3/c1-3-20(25)23-14-6-4-7-15(12-14)24-21(26)19-11-10-18(27-19)16-8-5-9-17(22)13(16)2/h4-12H,3H2,1-2H3,(H,23,25)(H,24,26). The SMILES string of the molecule is CCC(=O)Nc1cccc(NC(=O)c2ccc(-c3cccc(Cl)c3C)o2)c1. The van der Waals surface area contributed by atoms with Crippen LogP contribution in [0, 0.1) is 6.92 Å². The van der Waals surface area contributed by atoms with Crippen molar-refractivity contribution < 1.29 is 14.0 Å². The van der Waals surface area contributed by atoms with Crippen molar-refractivity contribution >= 4 is 34.8 Å². The number of furan rings is 1. The molecule has 6 heteroatoms. The van der Waals surface area contributed by atoms with E-state index in [0.29, 0.717) is 28.6 Å². The van der Waals surface area contributed by atoms with Crippen molar-refractivity contribution in [2.24, 2.45) is 0 Å². The van der Waals surface area contributed by atoms with E-state index in [9.17, 15) is 9.59 Å². The molecule has 0 saturated carbocycles. The molecule has 1 aromatic heterocycles. The zero-order valence-corrected chi connectivity index (χ0v) is 15.8. The van der Waals surface area contributed by atoms with E-state index < -0.39 is 0 Å². The van der Waals surface area contributed by atoms with Crippen LogP contribution in [0.4, 0.5) is 11.4 Å². The first-order chi connectivity index (χ1) is 13.0. The summed E-state index contributed by atoms with van der Waals surface area (Å²) in [6, 6.07) is 15.8. The van der Waals surface area contributed by atoms with Gasteiger partial charge >= 0.3 is 0 Å². The Morgan fingerprint density at radius 3 is 2.44 bits per heavy atom. The Labute approximate surface area is 162 Å². The first-order valence-corrected chi connectivity index (χ1v) is 8.92. The van der Waals surface area contributed by atoms with Gasteiger partial charge in [-0.2, -0.15) is 0 Å². The maximum absolute atomic E-state index is 12.5. The molecule has 0 aliphatic carbocycles. The molecule has 0 unspecified atom stereocenters. The van der Waals surface area contributed by atoms with Gasteiger partial charge in [-0.3, -0.25) is 9.59 Å². The molecule has 3 aromatic rings. The number of hydrogen-bond donors (Lipinski definition) is 2. The predicted molar refractivity (Wildman–Crippen MR) is 107 cm³/mol. The number of hydrogen-bond acceptors (Lipinski definition) is 3. The molecule has 2 amide bonds. The normalized spacial score (nSPS) is 10.5. The van der Waals surface area contributed by atoms with Gasteiger partial charge < -0.3 is 15.1 Å². The Hall–Kier alpha value is -3.05. The third kappa shape index (κ3) is 4.38. The lowest BCUT2D eigenvalue weighted by atomic mass is 10.1. The first kappa shape index (κ1) is 18.7. The van der Waals surface area contributed by atoms with E-state index in [1.807, 2.05) is 19.1 Å². The number of halogens is 1. The van der Waals surface area contributed by atoms with Crippen LogP contribution in [0.15, 0.2) is 59.0 Å². The number of nitrogens with one attached hydrogen (secondary N) is 2. The Morgan fingerprint density at radius 2 is 1.70 bits per heavy atom. The molecule has 0 radical (unpaired) electrons. The molecule has 0 aliphatic rings. The number of rotatable bonds is 5. The van der Waals surface area contributed by atoms with Gasteiger partial charge in [-0.25, -0.2) is 0 Å². The van der Waals surface area contributed by atoms with Crippen molar-refractivity contribution in [1.29, 1.82) is 0 Å². The van der Waals surface area contributed by atoms with E-state index in [2.05, 4.69) is 10.6 Å². The summed E-state index contributed by atoms with van der Waals surface area (Å²) in [5, 5.41) is 6.17. The van der Waals surface area contributed by atoms with Crippen LogP contribution in [0.2, 0.25) is 5.02 Å². The lowest BCUT2D eigenvalue weighted by Gasteiger charge is -2.07. The Balaban J connectivity index is 1.76. The molecule has 0 atom stereocenters. The molecule has 3 rings (SSSR count). The number of carbonyl (C=O) groups is 2. The predicted octanol–water partition coefficient (Wildman–Crippen LogP) is 5.51. The highest BCUT2D eigenvalue weighted by atomic mass is 35.5. The van der Waals surface area contributed by atoms with E-state index in [0.717, 1.165) is 11.1 Å². The van der Waals surface area contributed by atoms with Crippen molar-refractivity contribution in [2.45, 2.75) is 20.3 Å². The smallest absolute Gasteiger partial charge is 0.291 e. The highest BCUT2D eigenvalue weighted by Crippen LogP contribution is 2.30. The van der Waals surface area contributed by atoms with Gasteiger partial charge in [0, 0.05) is 28.4 Å². The summed E-state index contributed by atoms with van der Waals surface area (Å²) in [5.41, 5.74) is 2.91. The van der Waals surface area contributed by atoms with Crippen LogP contribution in [0.3, 0.4) is 0 Å². The largest absolute Gasteiger partial charge is 0.451 e. The van der Waals surface area contributed by atoms with Crippen molar-refractivity contribution in [3.63, 3.8) is 0 Å². The maximum atomic E-state index is 12.5. The second-order valence-electron chi connectivity index (χ2n) is 6.01. The van der Waals surface area contributed by atoms with Crippen LogP contribution in [-0.2, 0) is 4.79 Å². The summed E-state index contributed by atoms with van der Waals surface area (Å²) in [6.07, 6.45) is 0.384. The monoisotopic (exact) mass is 382 g/mol. The van der Waals surface area contributed by atoms with E-state index in [1.165, 1.54) is 0 Å². The Bertz CT molecular complexity index is 995. The fraction of sp³-hybridized carbons (Fsp3) is 0.143. The molecular weight excluding hydrogens is 364 g/mol. The third-order valence-corrected chi connectivity index (χ3v) is 4.50. The molecule has 0 aliphatic heterocycles. The minimum absolute atomic E-state index is 0.0916. The van der Waals surface area contributed by atoms with Crippen LogP contribution in [0.1, 0.15) is 29.5 Å². The van der Waals surface area contributed by atoms with Crippen LogP contribution >= 0.6 is 11.6 Å². The van der Waals surface area contributed by atoms with E-state index in [4.69, 9.17) is 16.0 Å². The van der Waals surface area contributed by atoms with E-state index >= 15 is 0 Å². The quantitative estimate of drug-likeness (QED) is 0.611. The summed E-state index contributed by atoms with van der Waals surface area (Å²) in [5.74, 6) is 0.294. The summed E-state index contributed by atoms with van der Waals surface area (Å²) >= 11 is 6.15. The summed E-state index contributed by atoms with van der Waals surface area (Å²) in [6.45, 7) is 3.67. The van der Waals surface area contributed by atoms with Crippen molar-refractivity contribution in [1.82, 2.24) is 0 Å². The number of amides is 2. The highest BCUT2D eigenvalue weighted by Gasteiger charge is 2.14. The zero-order valence-electron chi connectivity index (χ0n) is 15.0. The number of carbonyl (C=O) groups excluding carboxylic acids is 2. The minimum Gasteiger partial charge on any atom is -0.451 e. The van der Waals surface area contributed by atoms with E-state index in [-0.39, 0.29) is 17.6 Å². The average Bonchev–Trinajstić information content (AvgIpc) is 3.14. The maximum Gasteiger partial charge on any atom is 0.291 e. The molecule has 0 fully saturated rings. The lowest BCUT2D eigenvalue weighted by molar-refractivity contribution is -0.115. The Morgan fingerprint density at radius 1 is 1.00 bits per heavy atom. The third-order valence-electron chi connectivity index (χ3n) is 4.09. The van der Waals surface area contributed by atoms with Crippen molar-refractivity contribution in [3.05, 3.63) is 70.9 Å². The summed E-state index contributed by atoms with van der Waals surface area (Å²) < 4.78 is 5.71. The van der Waals surface area contributed by atoms with Crippen LogP contribution in [-0.4, -0.2) is 11.8 Å². The minimum atomic E-state index is -0.375. The second-order valence-corrected chi connectivity index (χ2v) is 6.42. The van der Waals surface area contributed by atoms with Crippen molar-refractivity contribution in [2.75, 3.05) is 10.6 Å². The zero-order chi connectivity index (χ0) is 19.4. The Kier molecular flexibility index (Phi) is 5.62. The molecule has 5 nitrogen and oxygen atoms in total. The fourth-order valence-corrected chi connectivity index (χ4v) is 2.77. The molecular formula is C21H19ClN2O3. The van der Waals surface area contributed by atoms with E-state index in [1.54, 1.807) is 49.4 Å². The van der Waals surface area contributed by atoms with Gasteiger partial charge in [0.15, 0.2) is 5.76 Å². The van der Waals surface area contributed by atoms with Crippen LogP contribution in [0.5, 0.6) is 0 Å². The fourth-order valence-electron chi connectivity index (χ4n) is 2.60. The van der Waals surface area contributed by atoms with Crippen LogP contribution in [0.25, 0.3) is 11.3 Å². The molecule has 2 aromatic carbocycles. The number of anilines is 2. The van der Waals surface area contributed by atoms with Gasteiger partial charge in [0.25, 0.3) is 5.91 Å². The first-order valence-electron chi connectivity index (χ1n) is 8.54. The van der Waals surface area contributed by atoms with Gasteiger partial charge in [0.2, 0.25) is 5.91 Å². The molecule has 27 heavy (non-hydrogen) atoms. The molecule has 2 N–H and O–H groups in total. The van der Waals surface area contributed by atoms with Gasteiger partial charge in [-0.15, -0.1) is 0 Å². The van der Waals surface area contributed by atoms with Gasteiger partial charge in [0.05, 0.1) is 0 Å². The molecule has 0 spiro atoms. The van der Waals surface area contributed by atoms with Gasteiger partial charge in [0.1, 0.15) is 5.76 Å². The summed E-state index contributed by atoms with van der Waals surface area (Å²) in [4.78, 5) is 24.0. The topological polar surface area (TPSA) is 71.3 Å². The molecule has 1 heterocycles. The number of benzene rings is 2. The molecule has 0 bridgehead atoms. The summed E-state index contributed by atoms with van der Waals surface area (Å²) in [7, 11) is 0. The highest BCUT2D eigenvalue weighted by molar-refractivity contribution is 6.31. The lowest BCUT2D eigenvalue weighted by Crippen LogP contribution is -2.12. The average molecular weight is 383 g/mol.